The van der Waals surface area contributed by atoms with Gasteiger partial charge < -0.3 is 14.8 Å². The number of hydrogen-bond acceptors (Lipinski definition) is 6. The molecular weight excluding hydrogens is 389 g/mol. The molecule has 3 rings (SSSR count). The molecule has 2 aliphatic rings. The van der Waals surface area contributed by atoms with E-state index in [-0.39, 0.29) is 11.2 Å². The van der Waals surface area contributed by atoms with E-state index in [0.717, 1.165) is 37.3 Å². The summed E-state index contributed by atoms with van der Waals surface area (Å²) in [6, 6.07) is 6.53. The lowest BCUT2D eigenvalue weighted by atomic mass is 9.69. The molecule has 29 heavy (non-hydrogen) atoms. The quantitative estimate of drug-likeness (QED) is 0.473. The number of allylic oxidation sites excluding steroid dienone is 2. The Hall–Kier alpha value is -1.38. The monoisotopic (exact) mass is 421 g/mol. The standard InChI is InChI=1S/C22H32FN3O2S/c1-17-14-22(16-28-12-11-27-4)15-26(29-25(2)3)10-9-18(22)13-21(17)24-20-7-5-19(23)6-8-20/h5-8,13,24H,9-12,14-16H2,1-4H3. The van der Waals surface area contributed by atoms with Crippen LogP contribution in [-0.2, 0) is 9.47 Å². The largest absolute Gasteiger partial charge is 0.382 e. The number of ether oxygens (including phenoxy) is 2. The second-order valence-electron chi connectivity index (χ2n) is 8.01. The summed E-state index contributed by atoms with van der Waals surface area (Å²) in [6.45, 7) is 6.04. The van der Waals surface area contributed by atoms with Crippen molar-refractivity contribution in [2.75, 3.05) is 59.4 Å². The summed E-state index contributed by atoms with van der Waals surface area (Å²) in [5, 5.41) is 3.48. The molecule has 1 saturated heterocycles. The van der Waals surface area contributed by atoms with Gasteiger partial charge in [-0.1, -0.05) is 5.57 Å². The highest BCUT2D eigenvalue weighted by atomic mass is 32.2. The van der Waals surface area contributed by atoms with Crippen LogP contribution >= 0.6 is 12.1 Å². The van der Waals surface area contributed by atoms with E-state index in [9.17, 15) is 4.39 Å². The number of nitrogens with zero attached hydrogens (tertiary/aromatic N) is 2. The van der Waals surface area contributed by atoms with Crippen LogP contribution in [0.15, 0.2) is 47.2 Å². The normalized spacial score (nSPS) is 22.6. The number of fused-ring (bicyclic) bond motifs is 1. The number of rotatable bonds is 9. The fourth-order valence-electron chi connectivity index (χ4n) is 4.05. The topological polar surface area (TPSA) is 37.0 Å². The van der Waals surface area contributed by atoms with E-state index < -0.39 is 0 Å². The molecule has 0 bridgehead atoms. The zero-order chi connectivity index (χ0) is 20.9. The van der Waals surface area contributed by atoms with E-state index in [0.29, 0.717) is 19.8 Å². The Morgan fingerprint density at radius 3 is 2.69 bits per heavy atom. The van der Waals surface area contributed by atoms with Crippen molar-refractivity contribution in [1.29, 1.82) is 0 Å². The molecular formula is C22H32FN3O2S. The minimum Gasteiger partial charge on any atom is -0.382 e. The van der Waals surface area contributed by atoms with Gasteiger partial charge in [-0.25, -0.2) is 13.0 Å². The van der Waals surface area contributed by atoms with Gasteiger partial charge in [0.2, 0.25) is 0 Å². The first-order chi connectivity index (χ1) is 13.9. The molecule has 1 N–H and O–H groups in total. The fourth-order valence-corrected chi connectivity index (χ4v) is 4.99. The van der Waals surface area contributed by atoms with E-state index in [1.54, 1.807) is 31.4 Å². The van der Waals surface area contributed by atoms with Gasteiger partial charge in [-0.05, 0) is 69.8 Å². The van der Waals surface area contributed by atoms with Gasteiger partial charge in [-0.3, -0.25) is 0 Å². The fraction of sp³-hybridized carbons (Fsp3) is 0.545. The second kappa shape index (κ2) is 10.1. The first kappa shape index (κ1) is 22.3. The van der Waals surface area contributed by atoms with Crippen LogP contribution in [0.4, 0.5) is 10.1 Å². The van der Waals surface area contributed by atoms with Crippen molar-refractivity contribution in [1.82, 2.24) is 8.61 Å². The molecule has 160 valence electrons. The molecule has 0 saturated carbocycles. The van der Waals surface area contributed by atoms with Crippen LogP contribution in [-0.4, -0.2) is 62.7 Å². The summed E-state index contributed by atoms with van der Waals surface area (Å²) < 4.78 is 29.0. The summed E-state index contributed by atoms with van der Waals surface area (Å²) >= 11 is 1.77. The number of anilines is 1. The summed E-state index contributed by atoms with van der Waals surface area (Å²) in [5.74, 6) is -0.221. The van der Waals surface area contributed by atoms with E-state index in [1.807, 2.05) is 0 Å². The van der Waals surface area contributed by atoms with Crippen molar-refractivity contribution in [3.05, 3.63) is 53.0 Å². The highest BCUT2D eigenvalue weighted by Gasteiger charge is 2.42. The molecule has 1 aromatic carbocycles. The van der Waals surface area contributed by atoms with Gasteiger partial charge in [-0.15, -0.1) is 0 Å². The summed E-state index contributed by atoms with van der Waals surface area (Å²) in [7, 11) is 5.85. The van der Waals surface area contributed by atoms with Crippen LogP contribution < -0.4 is 5.32 Å². The number of hydrogen-bond donors (Lipinski definition) is 1. The number of nitrogens with one attached hydrogen (secondary N) is 1. The minimum absolute atomic E-state index is 0.0208. The molecule has 0 amide bonds. The van der Waals surface area contributed by atoms with Crippen molar-refractivity contribution >= 4 is 17.8 Å². The Kier molecular flexibility index (Phi) is 7.76. The predicted molar refractivity (Wildman–Crippen MR) is 118 cm³/mol. The van der Waals surface area contributed by atoms with E-state index in [1.165, 1.54) is 23.3 Å². The molecule has 1 aliphatic heterocycles. The summed E-state index contributed by atoms with van der Waals surface area (Å²) in [5.41, 5.74) is 4.73. The molecule has 0 spiro atoms. The van der Waals surface area contributed by atoms with E-state index in [4.69, 9.17) is 9.47 Å². The smallest absolute Gasteiger partial charge is 0.123 e. The predicted octanol–water partition coefficient (Wildman–Crippen LogP) is 4.32. The molecule has 1 heterocycles. The minimum atomic E-state index is -0.221. The zero-order valence-corrected chi connectivity index (χ0v) is 18.7. The molecule has 5 nitrogen and oxygen atoms in total. The first-order valence-electron chi connectivity index (χ1n) is 10.0. The maximum atomic E-state index is 13.2. The second-order valence-corrected chi connectivity index (χ2v) is 9.42. The lowest BCUT2D eigenvalue weighted by Gasteiger charge is -2.47. The van der Waals surface area contributed by atoms with Crippen molar-refractivity contribution in [3.8, 4) is 0 Å². The van der Waals surface area contributed by atoms with Gasteiger partial charge in [0.25, 0.3) is 0 Å². The lowest BCUT2D eigenvalue weighted by Crippen LogP contribution is -2.47. The highest BCUT2D eigenvalue weighted by molar-refractivity contribution is 7.94. The Balaban J connectivity index is 1.79. The molecule has 1 unspecified atom stereocenters. The van der Waals surface area contributed by atoms with E-state index in [2.05, 4.69) is 41.0 Å². The maximum Gasteiger partial charge on any atom is 0.123 e. The van der Waals surface area contributed by atoms with Crippen LogP contribution in [0.3, 0.4) is 0 Å². The Labute approximate surface area is 178 Å². The number of benzene rings is 1. The van der Waals surface area contributed by atoms with Gasteiger partial charge in [-0.2, -0.15) is 0 Å². The number of halogens is 1. The molecule has 1 fully saturated rings. The van der Waals surface area contributed by atoms with Gasteiger partial charge in [0.15, 0.2) is 0 Å². The molecule has 1 atom stereocenters. The first-order valence-corrected chi connectivity index (χ1v) is 10.8. The van der Waals surface area contributed by atoms with Crippen LogP contribution in [0.25, 0.3) is 0 Å². The Bertz CT molecular complexity index is 751. The van der Waals surface area contributed by atoms with Crippen LogP contribution in [0.1, 0.15) is 19.8 Å². The van der Waals surface area contributed by atoms with Gasteiger partial charge >= 0.3 is 0 Å². The van der Waals surface area contributed by atoms with Crippen molar-refractivity contribution in [2.24, 2.45) is 5.41 Å². The zero-order valence-electron chi connectivity index (χ0n) is 17.8. The van der Waals surface area contributed by atoms with Crippen molar-refractivity contribution in [3.63, 3.8) is 0 Å². The molecule has 7 heteroatoms. The van der Waals surface area contributed by atoms with E-state index >= 15 is 0 Å². The van der Waals surface area contributed by atoms with Crippen LogP contribution in [0.5, 0.6) is 0 Å². The molecule has 1 aromatic rings. The Morgan fingerprint density at radius 2 is 2.00 bits per heavy atom. The third-order valence-corrected chi connectivity index (χ3v) is 6.25. The van der Waals surface area contributed by atoms with Crippen molar-refractivity contribution in [2.45, 2.75) is 19.8 Å². The van der Waals surface area contributed by atoms with Crippen LogP contribution in [0.2, 0.25) is 0 Å². The third-order valence-electron chi connectivity index (χ3n) is 5.38. The average Bonchev–Trinajstić information content (AvgIpc) is 2.67. The number of methoxy groups -OCH3 is 1. The lowest BCUT2D eigenvalue weighted by molar-refractivity contribution is 0.0149. The van der Waals surface area contributed by atoms with Crippen molar-refractivity contribution < 1.29 is 13.9 Å². The van der Waals surface area contributed by atoms with Gasteiger partial charge in [0.05, 0.1) is 19.8 Å². The maximum absolute atomic E-state index is 13.2. The van der Waals surface area contributed by atoms with Gasteiger partial charge in [0.1, 0.15) is 5.82 Å². The highest BCUT2D eigenvalue weighted by Crippen LogP contribution is 2.46. The van der Waals surface area contributed by atoms with Gasteiger partial charge in [0, 0.05) is 49.1 Å². The molecule has 0 radical (unpaired) electrons. The number of piperidine rings is 1. The SMILES string of the molecule is COCCOCC12CC(C)=C(Nc3ccc(F)cc3)C=C1CCN(SN(C)C)C2. The third kappa shape index (κ3) is 5.83. The van der Waals surface area contributed by atoms with Crippen LogP contribution in [0, 0.1) is 11.2 Å². The Morgan fingerprint density at radius 1 is 1.24 bits per heavy atom. The average molecular weight is 422 g/mol. The molecule has 0 aromatic heterocycles. The molecule has 1 aliphatic carbocycles. The summed E-state index contributed by atoms with van der Waals surface area (Å²) in [6.07, 6.45) is 4.25. The summed E-state index contributed by atoms with van der Waals surface area (Å²) in [4.78, 5) is 0.